The summed E-state index contributed by atoms with van der Waals surface area (Å²) in [6, 6.07) is 12.5. The standard InChI is InChI=1S/C24H23ClN4O6/c1-33-22-12-17(3-5-21(22)35-20-6-4-18(25)13-19(20)29(31)32)24(30)27-15-16-2-7-23(26-14-16)28-8-10-34-11-9-28/h2-7,12-14H,8-11,15H2,1H3,(H,27,30). The lowest BCUT2D eigenvalue weighted by molar-refractivity contribution is -0.385. The van der Waals surface area contributed by atoms with Crippen molar-refractivity contribution in [3.05, 3.63) is 81.0 Å². The summed E-state index contributed by atoms with van der Waals surface area (Å²) in [6.07, 6.45) is 1.74. The first-order valence-electron chi connectivity index (χ1n) is 10.8. The number of nitro groups is 1. The summed E-state index contributed by atoms with van der Waals surface area (Å²) in [5, 5.41) is 14.4. The topological polar surface area (TPSA) is 116 Å². The van der Waals surface area contributed by atoms with Gasteiger partial charge in [0.2, 0.25) is 5.75 Å². The van der Waals surface area contributed by atoms with Crippen molar-refractivity contribution in [3.63, 3.8) is 0 Å². The van der Waals surface area contributed by atoms with Crippen LogP contribution in [0.3, 0.4) is 0 Å². The van der Waals surface area contributed by atoms with Gasteiger partial charge in [0.05, 0.1) is 25.2 Å². The number of nitrogens with one attached hydrogen (secondary N) is 1. The molecule has 0 radical (unpaired) electrons. The minimum Gasteiger partial charge on any atom is -0.493 e. The van der Waals surface area contributed by atoms with E-state index in [1.807, 2.05) is 12.1 Å². The van der Waals surface area contributed by atoms with Gasteiger partial charge in [-0.25, -0.2) is 4.98 Å². The van der Waals surface area contributed by atoms with Crippen LogP contribution in [0.25, 0.3) is 0 Å². The zero-order chi connectivity index (χ0) is 24.8. The Hall–Kier alpha value is -3.89. The van der Waals surface area contributed by atoms with Crippen molar-refractivity contribution in [2.75, 3.05) is 38.3 Å². The number of methoxy groups -OCH3 is 1. The average molecular weight is 499 g/mol. The summed E-state index contributed by atoms with van der Waals surface area (Å²) in [6.45, 7) is 3.27. The predicted molar refractivity (Wildman–Crippen MR) is 130 cm³/mol. The number of benzene rings is 2. The Bertz CT molecular complexity index is 1220. The van der Waals surface area contributed by atoms with Crippen molar-refractivity contribution in [3.8, 4) is 17.2 Å². The third-order valence-corrected chi connectivity index (χ3v) is 5.60. The molecule has 10 nitrogen and oxygen atoms in total. The predicted octanol–water partition coefficient (Wildman–Crippen LogP) is 4.21. The molecule has 11 heteroatoms. The molecule has 3 aromatic rings. The smallest absolute Gasteiger partial charge is 0.313 e. The molecule has 2 aromatic carbocycles. The number of amides is 1. The van der Waals surface area contributed by atoms with Gasteiger partial charge in [-0.1, -0.05) is 17.7 Å². The van der Waals surface area contributed by atoms with Gasteiger partial charge in [0, 0.05) is 42.5 Å². The Labute approximate surface area is 206 Å². The van der Waals surface area contributed by atoms with E-state index in [0.29, 0.717) is 25.3 Å². The summed E-state index contributed by atoms with van der Waals surface area (Å²) in [4.78, 5) is 30.1. The highest BCUT2D eigenvalue weighted by molar-refractivity contribution is 6.30. The maximum Gasteiger partial charge on any atom is 0.313 e. The number of carbonyl (C=O) groups is 1. The molecule has 1 aromatic heterocycles. The molecule has 0 spiro atoms. The number of morpholine rings is 1. The van der Waals surface area contributed by atoms with Crippen LogP contribution in [0.5, 0.6) is 17.2 Å². The zero-order valence-electron chi connectivity index (χ0n) is 18.9. The van der Waals surface area contributed by atoms with Crippen LogP contribution in [-0.4, -0.2) is 49.2 Å². The Morgan fingerprint density at radius 3 is 2.60 bits per heavy atom. The Balaban J connectivity index is 1.41. The maximum atomic E-state index is 12.7. The van der Waals surface area contributed by atoms with Gasteiger partial charge in [-0.3, -0.25) is 14.9 Å². The molecule has 1 aliphatic rings. The van der Waals surface area contributed by atoms with Crippen molar-refractivity contribution >= 4 is 29.0 Å². The van der Waals surface area contributed by atoms with Crippen LogP contribution in [0.2, 0.25) is 5.02 Å². The number of aromatic nitrogens is 1. The van der Waals surface area contributed by atoms with Gasteiger partial charge in [0.25, 0.3) is 5.91 Å². The summed E-state index contributed by atoms with van der Waals surface area (Å²) in [5.41, 5.74) is 0.921. The second-order valence-corrected chi connectivity index (χ2v) is 8.08. The molecule has 1 aliphatic heterocycles. The highest BCUT2D eigenvalue weighted by atomic mass is 35.5. The molecule has 2 heterocycles. The van der Waals surface area contributed by atoms with Crippen molar-refractivity contribution in [1.29, 1.82) is 0 Å². The number of hydrogen-bond donors (Lipinski definition) is 1. The van der Waals surface area contributed by atoms with Gasteiger partial charge < -0.3 is 24.4 Å². The van der Waals surface area contributed by atoms with E-state index >= 15 is 0 Å². The third-order valence-electron chi connectivity index (χ3n) is 5.36. The molecule has 0 aliphatic carbocycles. The van der Waals surface area contributed by atoms with E-state index in [4.69, 9.17) is 25.8 Å². The largest absolute Gasteiger partial charge is 0.493 e. The zero-order valence-corrected chi connectivity index (χ0v) is 19.7. The number of ether oxygens (including phenoxy) is 3. The number of rotatable bonds is 8. The highest BCUT2D eigenvalue weighted by Gasteiger charge is 2.19. The lowest BCUT2D eigenvalue weighted by atomic mass is 10.1. The fourth-order valence-electron chi connectivity index (χ4n) is 3.52. The normalized spacial score (nSPS) is 13.3. The molecular formula is C24H23ClN4O6. The van der Waals surface area contributed by atoms with Crippen LogP contribution >= 0.6 is 11.6 Å². The molecule has 1 saturated heterocycles. The SMILES string of the molecule is COc1cc(C(=O)NCc2ccc(N3CCOCC3)nc2)ccc1Oc1ccc(Cl)cc1[N+](=O)[O-]. The molecule has 182 valence electrons. The number of nitro benzene ring substituents is 1. The summed E-state index contributed by atoms with van der Waals surface area (Å²) >= 11 is 5.86. The van der Waals surface area contributed by atoms with Gasteiger partial charge in [0.15, 0.2) is 11.5 Å². The van der Waals surface area contributed by atoms with Crippen molar-refractivity contribution in [2.45, 2.75) is 6.54 Å². The number of pyridine rings is 1. The van der Waals surface area contributed by atoms with Gasteiger partial charge in [-0.15, -0.1) is 0 Å². The lowest BCUT2D eigenvalue weighted by Gasteiger charge is -2.27. The number of halogens is 1. The molecular weight excluding hydrogens is 476 g/mol. The van der Waals surface area contributed by atoms with Crippen molar-refractivity contribution in [2.24, 2.45) is 0 Å². The first-order chi connectivity index (χ1) is 16.9. The van der Waals surface area contributed by atoms with Crippen molar-refractivity contribution < 1.29 is 23.9 Å². The molecule has 0 bridgehead atoms. The van der Waals surface area contributed by atoms with Gasteiger partial charge in [0.1, 0.15) is 5.82 Å². The molecule has 1 N–H and O–H groups in total. The molecule has 4 rings (SSSR count). The molecule has 0 saturated carbocycles. The fourth-order valence-corrected chi connectivity index (χ4v) is 3.68. The van der Waals surface area contributed by atoms with Gasteiger partial charge >= 0.3 is 5.69 Å². The number of nitrogens with zero attached hydrogens (tertiary/aromatic N) is 3. The van der Waals surface area contributed by atoms with Crippen LogP contribution in [0, 0.1) is 10.1 Å². The molecule has 0 unspecified atom stereocenters. The fraction of sp³-hybridized carbons (Fsp3) is 0.250. The summed E-state index contributed by atoms with van der Waals surface area (Å²) in [7, 11) is 1.42. The number of carbonyl (C=O) groups excluding carboxylic acids is 1. The van der Waals surface area contributed by atoms with Gasteiger partial charge in [-0.05, 0) is 42.0 Å². The molecule has 35 heavy (non-hydrogen) atoms. The Morgan fingerprint density at radius 1 is 1.14 bits per heavy atom. The van der Waals surface area contributed by atoms with Crippen LogP contribution < -0.4 is 19.7 Å². The second kappa shape index (κ2) is 11.0. The van der Waals surface area contributed by atoms with E-state index in [-0.39, 0.29) is 33.9 Å². The van der Waals surface area contributed by atoms with Gasteiger partial charge in [-0.2, -0.15) is 0 Å². The van der Waals surface area contributed by atoms with Crippen LogP contribution in [0.4, 0.5) is 11.5 Å². The van der Waals surface area contributed by atoms with E-state index in [9.17, 15) is 14.9 Å². The van der Waals surface area contributed by atoms with Crippen LogP contribution in [-0.2, 0) is 11.3 Å². The van der Waals surface area contributed by atoms with E-state index < -0.39 is 4.92 Å². The van der Waals surface area contributed by atoms with E-state index in [0.717, 1.165) is 24.5 Å². The Morgan fingerprint density at radius 2 is 1.91 bits per heavy atom. The first kappa shape index (κ1) is 24.2. The minimum absolute atomic E-state index is 0.00271. The Kier molecular flexibility index (Phi) is 7.64. The average Bonchev–Trinajstić information content (AvgIpc) is 2.89. The minimum atomic E-state index is -0.585. The maximum absolute atomic E-state index is 12.7. The third kappa shape index (κ3) is 5.97. The molecule has 1 amide bonds. The van der Waals surface area contributed by atoms with E-state index in [1.54, 1.807) is 12.3 Å². The monoisotopic (exact) mass is 498 g/mol. The number of hydrogen-bond acceptors (Lipinski definition) is 8. The molecule has 0 atom stereocenters. The van der Waals surface area contributed by atoms with E-state index in [1.165, 1.54) is 37.4 Å². The summed E-state index contributed by atoms with van der Waals surface area (Å²) < 4.78 is 16.4. The van der Waals surface area contributed by atoms with Crippen LogP contribution in [0.15, 0.2) is 54.7 Å². The highest BCUT2D eigenvalue weighted by Crippen LogP contribution is 2.37. The first-order valence-corrected chi connectivity index (χ1v) is 11.2. The van der Waals surface area contributed by atoms with E-state index in [2.05, 4.69) is 15.2 Å². The molecule has 1 fully saturated rings. The van der Waals surface area contributed by atoms with Crippen LogP contribution in [0.1, 0.15) is 15.9 Å². The number of anilines is 1. The second-order valence-electron chi connectivity index (χ2n) is 7.64. The quantitative estimate of drug-likeness (QED) is 0.362. The van der Waals surface area contributed by atoms with Crippen molar-refractivity contribution in [1.82, 2.24) is 10.3 Å². The summed E-state index contributed by atoms with van der Waals surface area (Å²) in [5.74, 6) is 1.04. The lowest BCUT2D eigenvalue weighted by Crippen LogP contribution is -2.36.